The fourth-order valence-corrected chi connectivity index (χ4v) is 3.93. The highest BCUT2D eigenvalue weighted by Gasteiger charge is 2.41. The van der Waals surface area contributed by atoms with Crippen LogP contribution in [-0.2, 0) is 30.3 Å². The molecule has 0 N–H and O–H groups in total. The monoisotopic (exact) mass is 484 g/mol. The number of benzene rings is 1. The summed E-state index contributed by atoms with van der Waals surface area (Å²) < 4.78 is 24.0. The number of aromatic nitrogens is 2. The molecule has 0 amide bonds. The fraction of sp³-hybridized carbons (Fsp3) is 0.440. The minimum atomic E-state index is -0.898. The quantitative estimate of drug-likeness (QED) is 0.429. The molecule has 1 aliphatic heterocycles. The highest BCUT2D eigenvalue weighted by molar-refractivity contribution is 5.66. The third kappa shape index (κ3) is 5.81. The summed E-state index contributed by atoms with van der Waals surface area (Å²) in [5.74, 6) is 5.18. The molecule has 1 aliphatic rings. The van der Waals surface area contributed by atoms with Crippen molar-refractivity contribution in [2.45, 2.75) is 59.1 Å². The van der Waals surface area contributed by atoms with Gasteiger partial charge in [0, 0.05) is 25.8 Å². The summed E-state index contributed by atoms with van der Waals surface area (Å²) in [6.45, 7) is 5.58. The molecule has 2 heterocycles. The normalized spacial score (nSPS) is 18.9. The smallest absolute Gasteiger partial charge is 0.334 e. The number of methoxy groups -OCH3 is 1. The highest BCUT2D eigenvalue weighted by atomic mass is 16.6. The van der Waals surface area contributed by atoms with Gasteiger partial charge in [-0.3, -0.25) is 23.5 Å². The number of nitrogens with zero attached hydrogens (tertiary/aromatic N) is 2. The maximum Gasteiger partial charge on any atom is 0.334 e. The van der Waals surface area contributed by atoms with Gasteiger partial charge in [0.2, 0.25) is 0 Å². The van der Waals surface area contributed by atoms with E-state index in [0.29, 0.717) is 5.75 Å². The Hall–Kier alpha value is -3.84. The zero-order chi connectivity index (χ0) is 25.7. The van der Waals surface area contributed by atoms with Crippen LogP contribution in [0.15, 0.2) is 33.9 Å². The van der Waals surface area contributed by atoms with E-state index in [9.17, 15) is 19.2 Å². The van der Waals surface area contributed by atoms with Crippen LogP contribution in [0.2, 0.25) is 0 Å². The molecule has 1 fully saturated rings. The molecule has 3 rings (SSSR count). The Morgan fingerprint density at radius 3 is 2.40 bits per heavy atom. The van der Waals surface area contributed by atoms with Crippen LogP contribution in [0.5, 0.6) is 5.75 Å². The third-order valence-corrected chi connectivity index (χ3v) is 5.58. The predicted molar refractivity (Wildman–Crippen MR) is 125 cm³/mol. The van der Waals surface area contributed by atoms with E-state index in [1.54, 1.807) is 45.2 Å². The van der Waals surface area contributed by atoms with Gasteiger partial charge in [0.1, 0.15) is 36.5 Å². The maximum absolute atomic E-state index is 13.6. The average molecular weight is 485 g/mol. The molecule has 1 aromatic carbocycles. The zero-order valence-electron chi connectivity index (χ0n) is 20.3. The molecule has 10 heteroatoms. The van der Waals surface area contributed by atoms with Gasteiger partial charge in [-0.05, 0) is 37.5 Å². The molecule has 1 aromatic heterocycles. The minimum Gasteiger partial charge on any atom is -0.497 e. The highest BCUT2D eigenvalue weighted by Crippen LogP contribution is 2.31. The SMILES string of the molecule is CC#Cc1c(C)c(=O)n(Cc2ccc(OC)cc2)c(=O)n1[C@H]1C[C@H](OC(C)=O)[C@@H](COC(C)=O)O1. The number of hydrogen-bond acceptors (Lipinski definition) is 8. The van der Waals surface area contributed by atoms with Crippen LogP contribution in [0.25, 0.3) is 0 Å². The summed E-state index contributed by atoms with van der Waals surface area (Å²) in [6.07, 6.45) is -2.33. The van der Waals surface area contributed by atoms with Crippen LogP contribution in [0, 0.1) is 18.8 Å². The molecule has 10 nitrogen and oxygen atoms in total. The Balaban J connectivity index is 2.07. The molecule has 0 aliphatic carbocycles. The van der Waals surface area contributed by atoms with Crippen molar-refractivity contribution in [3.05, 3.63) is 61.9 Å². The standard InChI is InChI=1S/C25H28N2O8/c1-6-7-20-15(2)24(30)26(13-18-8-10-19(32-5)11-9-18)25(31)27(20)23-12-21(34-17(4)29)22(35-23)14-33-16(3)28/h8-11,21-23H,12-14H2,1-5H3/t21-,22+,23+/m0/s1. The van der Waals surface area contributed by atoms with Crippen molar-refractivity contribution < 1.29 is 28.5 Å². The van der Waals surface area contributed by atoms with Gasteiger partial charge >= 0.3 is 17.6 Å². The van der Waals surface area contributed by atoms with Crippen LogP contribution in [-0.4, -0.2) is 47.0 Å². The van der Waals surface area contributed by atoms with Crippen molar-refractivity contribution in [1.29, 1.82) is 0 Å². The van der Waals surface area contributed by atoms with Gasteiger partial charge in [0.15, 0.2) is 0 Å². The van der Waals surface area contributed by atoms with E-state index in [0.717, 1.165) is 10.1 Å². The first-order valence-electron chi connectivity index (χ1n) is 11.0. The summed E-state index contributed by atoms with van der Waals surface area (Å²) in [5.41, 5.74) is 0.138. The van der Waals surface area contributed by atoms with Crippen molar-refractivity contribution in [1.82, 2.24) is 9.13 Å². The van der Waals surface area contributed by atoms with E-state index in [-0.39, 0.29) is 30.8 Å². The average Bonchev–Trinajstić information content (AvgIpc) is 3.20. The van der Waals surface area contributed by atoms with Crippen molar-refractivity contribution in [3.63, 3.8) is 0 Å². The van der Waals surface area contributed by atoms with Crippen LogP contribution in [0.4, 0.5) is 0 Å². The zero-order valence-corrected chi connectivity index (χ0v) is 20.3. The molecule has 2 aromatic rings. The van der Waals surface area contributed by atoms with Gasteiger partial charge in [-0.1, -0.05) is 18.1 Å². The first-order valence-corrected chi connectivity index (χ1v) is 11.0. The summed E-state index contributed by atoms with van der Waals surface area (Å²) in [6, 6.07) is 7.02. The number of carbonyl (C=O) groups is 2. The number of rotatable bonds is 7. The molecule has 0 spiro atoms. The molecule has 0 saturated carbocycles. The second kappa shape index (κ2) is 11.1. The Kier molecular flexibility index (Phi) is 8.14. The Morgan fingerprint density at radius 2 is 1.83 bits per heavy atom. The van der Waals surface area contributed by atoms with Crippen LogP contribution < -0.4 is 16.0 Å². The fourth-order valence-electron chi connectivity index (χ4n) is 3.93. The number of hydrogen-bond donors (Lipinski definition) is 0. The first kappa shape index (κ1) is 25.8. The molecule has 35 heavy (non-hydrogen) atoms. The van der Waals surface area contributed by atoms with E-state index in [2.05, 4.69) is 11.8 Å². The molecule has 0 radical (unpaired) electrons. The van der Waals surface area contributed by atoms with Crippen LogP contribution >= 0.6 is 0 Å². The van der Waals surface area contributed by atoms with Gasteiger partial charge in [-0.15, -0.1) is 0 Å². The molecule has 0 unspecified atom stereocenters. The number of esters is 2. The van der Waals surface area contributed by atoms with Crippen LogP contribution in [0.3, 0.4) is 0 Å². The molecule has 186 valence electrons. The van der Waals surface area contributed by atoms with E-state index < -0.39 is 41.6 Å². The van der Waals surface area contributed by atoms with Crippen molar-refractivity contribution >= 4 is 11.9 Å². The van der Waals surface area contributed by atoms with Gasteiger partial charge < -0.3 is 18.9 Å². The van der Waals surface area contributed by atoms with Gasteiger partial charge in [-0.2, -0.15) is 0 Å². The van der Waals surface area contributed by atoms with Gasteiger partial charge in [-0.25, -0.2) is 4.79 Å². The second-order valence-corrected chi connectivity index (χ2v) is 8.06. The molecule has 3 atom stereocenters. The summed E-state index contributed by atoms with van der Waals surface area (Å²) >= 11 is 0. The lowest BCUT2D eigenvalue weighted by atomic mass is 10.1. The van der Waals surface area contributed by atoms with Crippen molar-refractivity contribution in [2.75, 3.05) is 13.7 Å². The lowest BCUT2D eigenvalue weighted by Crippen LogP contribution is -2.44. The molecule has 0 bridgehead atoms. The van der Waals surface area contributed by atoms with E-state index in [1.165, 1.54) is 18.4 Å². The van der Waals surface area contributed by atoms with Crippen molar-refractivity contribution in [3.8, 4) is 17.6 Å². The van der Waals surface area contributed by atoms with E-state index in [4.69, 9.17) is 18.9 Å². The van der Waals surface area contributed by atoms with Gasteiger partial charge in [0.25, 0.3) is 5.56 Å². The predicted octanol–water partition coefficient (Wildman–Crippen LogP) is 1.53. The lowest BCUT2D eigenvalue weighted by Gasteiger charge is -2.20. The van der Waals surface area contributed by atoms with E-state index in [1.807, 2.05) is 0 Å². The number of ether oxygens (including phenoxy) is 4. The molecule has 1 saturated heterocycles. The van der Waals surface area contributed by atoms with E-state index >= 15 is 0 Å². The number of carbonyl (C=O) groups excluding carboxylic acids is 2. The van der Waals surface area contributed by atoms with Gasteiger partial charge in [0.05, 0.1) is 13.7 Å². The minimum absolute atomic E-state index is 0.0271. The molecular formula is C25H28N2O8. The van der Waals surface area contributed by atoms with Crippen molar-refractivity contribution in [2.24, 2.45) is 0 Å². The largest absolute Gasteiger partial charge is 0.497 e. The van der Waals surface area contributed by atoms with Crippen LogP contribution in [0.1, 0.15) is 50.2 Å². The third-order valence-electron chi connectivity index (χ3n) is 5.58. The summed E-state index contributed by atoms with van der Waals surface area (Å²) in [7, 11) is 1.55. The Bertz CT molecular complexity index is 1280. The summed E-state index contributed by atoms with van der Waals surface area (Å²) in [5, 5.41) is 0. The second-order valence-electron chi connectivity index (χ2n) is 8.06. The topological polar surface area (TPSA) is 115 Å². The molecular weight excluding hydrogens is 456 g/mol. The maximum atomic E-state index is 13.6. The Labute approximate surface area is 202 Å². The lowest BCUT2D eigenvalue weighted by molar-refractivity contribution is -0.155. The Morgan fingerprint density at radius 1 is 1.14 bits per heavy atom. The first-order chi connectivity index (χ1) is 16.7. The summed E-state index contributed by atoms with van der Waals surface area (Å²) in [4.78, 5) is 49.7.